The molecule has 0 saturated carbocycles. The number of nitrogens with one attached hydrogen (secondary N) is 2. The van der Waals surface area contributed by atoms with E-state index in [1.165, 1.54) is 0 Å². The minimum atomic E-state index is -0.265. The number of fused-ring (bicyclic) bond motifs is 1. The molecule has 2 N–H and O–H groups in total. The number of benzene rings is 2. The first-order chi connectivity index (χ1) is 14.4. The Bertz CT molecular complexity index is 1150. The first-order valence-corrected chi connectivity index (χ1v) is 9.90. The Kier molecular flexibility index (Phi) is 5.46. The van der Waals surface area contributed by atoms with E-state index in [-0.39, 0.29) is 18.4 Å². The molecule has 2 heterocycles. The van der Waals surface area contributed by atoms with Crippen molar-refractivity contribution in [2.24, 2.45) is 0 Å². The molecule has 30 heavy (non-hydrogen) atoms. The van der Waals surface area contributed by atoms with Crippen LogP contribution in [0.15, 0.2) is 42.5 Å². The van der Waals surface area contributed by atoms with Gasteiger partial charge < -0.3 is 20.3 Å². The van der Waals surface area contributed by atoms with Crippen LogP contribution in [0.4, 0.5) is 11.4 Å². The zero-order chi connectivity index (χ0) is 21.3. The van der Waals surface area contributed by atoms with Gasteiger partial charge in [-0.25, -0.2) is 0 Å². The van der Waals surface area contributed by atoms with Gasteiger partial charge in [0.15, 0.2) is 0 Å². The van der Waals surface area contributed by atoms with Crippen LogP contribution in [0.25, 0.3) is 10.9 Å². The number of carbonyl (C=O) groups is 2. The zero-order valence-electron chi connectivity index (χ0n) is 16.7. The molecule has 0 atom stereocenters. The van der Waals surface area contributed by atoms with Crippen molar-refractivity contribution in [3.8, 4) is 5.75 Å². The summed E-state index contributed by atoms with van der Waals surface area (Å²) in [6.07, 6.45) is 0. The molecular formula is C22H21ClN4O3. The fourth-order valence-corrected chi connectivity index (χ4v) is 3.78. The summed E-state index contributed by atoms with van der Waals surface area (Å²) in [6, 6.07) is 12.6. The van der Waals surface area contributed by atoms with Gasteiger partial charge in [-0.05, 0) is 43.3 Å². The summed E-state index contributed by atoms with van der Waals surface area (Å²) in [5.41, 5.74) is 3.21. The monoisotopic (exact) mass is 424 g/mol. The van der Waals surface area contributed by atoms with Gasteiger partial charge in [0.25, 0.3) is 5.91 Å². The quantitative estimate of drug-likeness (QED) is 0.670. The van der Waals surface area contributed by atoms with Gasteiger partial charge in [0, 0.05) is 30.2 Å². The van der Waals surface area contributed by atoms with E-state index < -0.39 is 0 Å². The number of anilines is 2. The molecular weight excluding hydrogens is 404 g/mol. The number of piperazine rings is 1. The first-order valence-electron chi connectivity index (χ1n) is 9.52. The lowest BCUT2D eigenvalue weighted by Gasteiger charge is -2.29. The number of hydrogen-bond donors (Lipinski definition) is 2. The average molecular weight is 425 g/mol. The summed E-state index contributed by atoms with van der Waals surface area (Å²) >= 11 is 6.43. The van der Waals surface area contributed by atoms with Gasteiger partial charge in [-0.2, -0.15) is 0 Å². The lowest BCUT2D eigenvalue weighted by atomic mass is 10.1. The Morgan fingerprint density at radius 3 is 2.80 bits per heavy atom. The SMILES string of the molecule is COc1ccc2cc(C(=O)Nc3ccc(N4CCNC(=O)C4)c(Cl)c3)c(C)nc2c1. The van der Waals surface area contributed by atoms with Gasteiger partial charge >= 0.3 is 0 Å². The molecule has 0 bridgehead atoms. The summed E-state index contributed by atoms with van der Waals surface area (Å²) < 4.78 is 5.23. The molecule has 3 aromatic rings. The van der Waals surface area contributed by atoms with E-state index >= 15 is 0 Å². The van der Waals surface area contributed by atoms with Crippen LogP contribution in [-0.4, -0.2) is 43.5 Å². The van der Waals surface area contributed by atoms with Crippen molar-refractivity contribution in [2.45, 2.75) is 6.92 Å². The van der Waals surface area contributed by atoms with E-state index in [1.807, 2.05) is 35.2 Å². The highest BCUT2D eigenvalue weighted by atomic mass is 35.5. The smallest absolute Gasteiger partial charge is 0.257 e. The molecule has 7 nitrogen and oxygen atoms in total. The van der Waals surface area contributed by atoms with E-state index in [0.29, 0.717) is 40.8 Å². The number of halogens is 1. The first kappa shape index (κ1) is 20.0. The van der Waals surface area contributed by atoms with E-state index in [0.717, 1.165) is 16.6 Å². The molecule has 0 aliphatic carbocycles. The van der Waals surface area contributed by atoms with Crippen molar-refractivity contribution >= 4 is 45.7 Å². The minimum Gasteiger partial charge on any atom is -0.497 e. The Morgan fingerprint density at radius 2 is 2.07 bits per heavy atom. The number of methoxy groups -OCH3 is 1. The molecule has 1 saturated heterocycles. The van der Waals surface area contributed by atoms with Gasteiger partial charge in [0.05, 0.1) is 41.1 Å². The number of rotatable bonds is 4. The lowest BCUT2D eigenvalue weighted by molar-refractivity contribution is -0.120. The number of aromatic nitrogens is 1. The van der Waals surface area contributed by atoms with Gasteiger partial charge in [0.1, 0.15) is 5.75 Å². The second kappa shape index (κ2) is 8.20. The zero-order valence-corrected chi connectivity index (χ0v) is 17.4. The van der Waals surface area contributed by atoms with Crippen LogP contribution in [0.2, 0.25) is 5.02 Å². The molecule has 8 heteroatoms. The van der Waals surface area contributed by atoms with Crippen LogP contribution in [-0.2, 0) is 4.79 Å². The van der Waals surface area contributed by atoms with Crippen molar-refractivity contribution in [1.29, 1.82) is 0 Å². The standard InChI is InChI=1S/C22H21ClN4O3/c1-13-17(9-14-3-5-16(30-2)11-19(14)25-13)22(29)26-15-4-6-20(18(23)10-15)27-8-7-24-21(28)12-27/h3-6,9-11H,7-8,12H2,1-2H3,(H,24,28)(H,26,29). The van der Waals surface area contributed by atoms with Crippen LogP contribution in [0, 0.1) is 6.92 Å². The topological polar surface area (TPSA) is 83.6 Å². The number of nitrogens with zero attached hydrogens (tertiary/aromatic N) is 2. The van der Waals surface area contributed by atoms with Gasteiger partial charge in [-0.3, -0.25) is 14.6 Å². The van der Waals surface area contributed by atoms with Crippen molar-refractivity contribution in [2.75, 3.05) is 37.0 Å². The van der Waals surface area contributed by atoms with E-state index in [9.17, 15) is 9.59 Å². The molecule has 2 aromatic carbocycles. The molecule has 154 valence electrons. The molecule has 1 aromatic heterocycles. The van der Waals surface area contributed by atoms with E-state index in [4.69, 9.17) is 16.3 Å². The second-order valence-electron chi connectivity index (χ2n) is 7.07. The largest absolute Gasteiger partial charge is 0.497 e. The third-order valence-electron chi connectivity index (χ3n) is 5.04. The molecule has 0 spiro atoms. The fourth-order valence-electron chi connectivity index (χ4n) is 3.48. The van der Waals surface area contributed by atoms with Crippen LogP contribution in [0.5, 0.6) is 5.75 Å². The normalized spacial score (nSPS) is 13.8. The molecule has 2 amide bonds. The van der Waals surface area contributed by atoms with Crippen LogP contribution in [0.1, 0.15) is 16.1 Å². The Balaban J connectivity index is 1.55. The molecule has 1 aliphatic heterocycles. The summed E-state index contributed by atoms with van der Waals surface area (Å²) in [5.74, 6) is 0.415. The predicted molar refractivity (Wildman–Crippen MR) is 118 cm³/mol. The summed E-state index contributed by atoms with van der Waals surface area (Å²) in [6.45, 7) is 3.32. The van der Waals surface area contributed by atoms with Crippen LogP contribution >= 0.6 is 11.6 Å². The maximum Gasteiger partial charge on any atom is 0.257 e. The molecule has 1 aliphatic rings. The Morgan fingerprint density at radius 1 is 1.23 bits per heavy atom. The highest BCUT2D eigenvalue weighted by Crippen LogP contribution is 2.30. The maximum atomic E-state index is 12.9. The van der Waals surface area contributed by atoms with Crippen molar-refractivity contribution in [1.82, 2.24) is 10.3 Å². The van der Waals surface area contributed by atoms with E-state index in [1.54, 1.807) is 26.2 Å². The highest BCUT2D eigenvalue weighted by Gasteiger charge is 2.19. The van der Waals surface area contributed by atoms with Crippen molar-refractivity contribution in [3.05, 3.63) is 58.7 Å². The summed E-state index contributed by atoms with van der Waals surface area (Å²) in [4.78, 5) is 30.9. The van der Waals surface area contributed by atoms with Crippen LogP contribution < -0.4 is 20.3 Å². The molecule has 0 unspecified atom stereocenters. The maximum absolute atomic E-state index is 12.9. The van der Waals surface area contributed by atoms with Crippen molar-refractivity contribution in [3.63, 3.8) is 0 Å². The third kappa shape index (κ3) is 4.02. The number of carbonyl (C=O) groups excluding carboxylic acids is 2. The Labute approximate surface area is 179 Å². The van der Waals surface area contributed by atoms with Gasteiger partial charge in [0.2, 0.25) is 5.91 Å². The number of amides is 2. The minimum absolute atomic E-state index is 0.0356. The van der Waals surface area contributed by atoms with E-state index in [2.05, 4.69) is 15.6 Å². The van der Waals surface area contributed by atoms with Gasteiger partial charge in [-0.1, -0.05) is 11.6 Å². The number of ether oxygens (including phenoxy) is 1. The Hall–Kier alpha value is -3.32. The molecule has 1 fully saturated rings. The lowest BCUT2D eigenvalue weighted by Crippen LogP contribution is -2.47. The second-order valence-corrected chi connectivity index (χ2v) is 7.48. The number of pyridine rings is 1. The average Bonchev–Trinajstić information content (AvgIpc) is 2.72. The predicted octanol–water partition coefficient (Wildman–Crippen LogP) is 3.39. The fraction of sp³-hybridized carbons (Fsp3) is 0.227. The van der Waals surface area contributed by atoms with Gasteiger partial charge in [-0.15, -0.1) is 0 Å². The molecule has 0 radical (unpaired) electrons. The molecule has 4 rings (SSSR count). The summed E-state index contributed by atoms with van der Waals surface area (Å²) in [5, 5.41) is 6.99. The highest BCUT2D eigenvalue weighted by molar-refractivity contribution is 6.33. The number of hydrogen-bond acceptors (Lipinski definition) is 5. The summed E-state index contributed by atoms with van der Waals surface area (Å²) in [7, 11) is 1.60. The third-order valence-corrected chi connectivity index (χ3v) is 5.35. The number of aryl methyl sites for hydroxylation is 1. The van der Waals surface area contributed by atoms with Crippen molar-refractivity contribution < 1.29 is 14.3 Å². The van der Waals surface area contributed by atoms with Crippen LogP contribution in [0.3, 0.4) is 0 Å².